The highest BCUT2D eigenvalue weighted by Gasteiger charge is 2.33. The summed E-state index contributed by atoms with van der Waals surface area (Å²) in [6.07, 6.45) is 1.79. The molecule has 0 fully saturated rings. The SMILES string of the molecule is O=P(c1ccccc1)(c1ccc2ccc3cccnc3c2n1)c1ccc2ccc3cccc4ccc1c2c34. The second-order valence-corrected chi connectivity index (χ2v) is 12.4. The molecule has 1 unspecified atom stereocenters. The van der Waals surface area contributed by atoms with Gasteiger partial charge in [-0.25, -0.2) is 4.98 Å². The van der Waals surface area contributed by atoms with E-state index in [1.54, 1.807) is 6.20 Å². The first-order valence-electron chi connectivity index (χ1n) is 12.7. The molecule has 0 amide bonds. The lowest BCUT2D eigenvalue weighted by atomic mass is 9.94. The minimum absolute atomic E-state index is 0.574. The van der Waals surface area contributed by atoms with Crippen LogP contribution in [0.3, 0.4) is 0 Å². The molecule has 0 aliphatic rings. The van der Waals surface area contributed by atoms with E-state index in [1.807, 2.05) is 60.7 Å². The standard InChI is InChI=1S/C34H21N2OP/c37-38(27-9-2-1-3-10-27,30-20-17-26-14-13-25-8-5-21-35-33(25)34(26)36-30)29-19-16-24-12-11-22-6-4-7-23-15-18-28(29)32(24)31(22)23/h1-21H. The summed E-state index contributed by atoms with van der Waals surface area (Å²) in [6.45, 7) is 0. The van der Waals surface area contributed by atoms with E-state index >= 15 is 4.57 Å². The van der Waals surface area contributed by atoms with E-state index in [9.17, 15) is 0 Å². The highest BCUT2D eigenvalue weighted by atomic mass is 31.2. The second-order valence-electron chi connectivity index (χ2n) is 9.77. The van der Waals surface area contributed by atoms with E-state index in [-0.39, 0.29) is 0 Å². The van der Waals surface area contributed by atoms with Gasteiger partial charge in [0.25, 0.3) is 0 Å². The van der Waals surface area contributed by atoms with Crippen molar-refractivity contribution in [3.05, 3.63) is 128 Å². The van der Waals surface area contributed by atoms with Crippen LogP contribution in [0.2, 0.25) is 0 Å². The highest BCUT2D eigenvalue weighted by Crippen LogP contribution is 2.46. The third-order valence-corrected chi connectivity index (χ3v) is 10.7. The summed E-state index contributed by atoms with van der Waals surface area (Å²) in [6, 6.07) is 41.0. The Labute approximate surface area is 219 Å². The van der Waals surface area contributed by atoms with Crippen LogP contribution < -0.4 is 16.0 Å². The summed E-state index contributed by atoms with van der Waals surface area (Å²) >= 11 is 0. The minimum Gasteiger partial charge on any atom is -0.307 e. The summed E-state index contributed by atoms with van der Waals surface area (Å²) < 4.78 is 15.7. The predicted octanol–water partition coefficient (Wildman–Crippen LogP) is 7.32. The van der Waals surface area contributed by atoms with Crippen molar-refractivity contribution >= 4 is 77.3 Å². The lowest BCUT2D eigenvalue weighted by Gasteiger charge is -2.22. The zero-order valence-electron chi connectivity index (χ0n) is 20.4. The van der Waals surface area contributed by atoms with E-state index < -0.39 is 7.14 Å². The van der Waals surface area contributed by atoms with Gasteiger partial charge in [-0.2, -0.15) is 0 Å². The molecule has 4 heteroatoms. The fourth-order valence-corrected chi connectivity index (χ4v) is 8.63. The fraction of sp³-hybridized carbons (Fsp3) is 0. The smallest absolute Gasteiger partial charge is 0.189 e. The molecule has 2 aromatic heterocycles. The van der Waals surface area contributed by atoms with Crippen molar-refractivity contribution in [3.8, 4) is 0 Å². The lowest BCUT2D eigenvalue weighted by molar-refractivity contribution is 0.592. The number of hydrogen-bond acceptors (Lipinski definition) is 3. The Morgan fingerprint density at radius 2 is 1.13 bits per heavy atom. The molecular weight excluding hydrogens is 483 g/mol. The van der Waals surface area contributed by atoms with Gasteiger partial charge >= 0.3 is 0 Å². The van der Waals surface area contributed by atoms with Crippen molar-refractivity contribution in [2.75, 3.05) is 0 Å². The average molecular weight is 505 g/mol. The third kappa shape index (κ3) is 2.94. The average Bonchev–Trinajstić information content (AvgIpc) is 2.99. The van der Waals surface area contributed by atoms with E-state index in [0.717, 1.165) is 48.6 Å². The topological polar surface area (TPSA) is 42.9 Å². The summed E-state index contributed by atoms with van der Waals surface area (Å²) in [5, 5.41) is 10.5. The summed E-state index contributed by atoms with van der Waals surface area (Å²) in [5.41, 5.74) is 2.17. The summed E-state index contributed by atoms with van der Waals surface area (Å²) in [7, 11) is -3.36. The molecule has 0 N–H and O–H groups in total. The monoisotopic (exact) mass is 504 g/mol. The van der Waals surface area contributed by atoms with Crippen molar-refractivity contribution < 1.29 is 4.57 Å². The molecule has 3 nitrogen and oxygen atoms in total. The number of hydrogen-bond donors (Lipinski definition) is 0. The first-order chi connectivity index (χ1) is 18.7. The minimum atomic E-state index is -3.36. The summed E-state index contributed by atoms with van der Waals surface area (Å²) in [4.78, 5) is 9.74. The van der Waals surface area contributed by atoms with Crippen LogP contribution in [0.25, 0.3) is 54.1 Å². The molecule has 0 aliphatic carbocycles. The van der Waals surface area contributed by atoms with Crippen molar-refractivity contribution in [2.24, 2.45) is 0 Å². The molecule has 0 bridgehead atoms. The van der Waals surface area contributed by atoms with Gasteiger partial charge in [-0.3, -0.25) is 4.98 Å². The number of aromatic nitrogens is 2. The molecule has 0 aliphatic heterocycles. The van der Waals surface area contributed by atoms with Gasteiger partial charge in [0.1, 0.15) is 5.44 Å². The molecule has 8 aromatic rings. The van der Waals surface area contributed by atoms with Gasteiger partial charge in [-0.05, 0) is 50.5 Å². The number of rotatable bonds is 3. The third-order valence-electron chi connectivity index (χ3n) is 7.70. The largest absolute Gasteiger partial charge is 0.307 e. The molecule has 8 rings (SSSR count). The zero-order chi connectivity index (χ0) is 25.3. The maximum atomic E-state index is 15.7. The van der Waals surface area contributed by atoms with Crippen LogP contribution in [-0.2, 0) is 4.57 Å². The van der Waals surface area contributed by atoms with Crippen molar-refractivity contribution in [1.29, 1.82) is 0 Å². The molecule has 0 saturated heterocycles. The Bertz CT molecular complexity index is 2210. The Hall–Kier alpha value is -4.59. The van der Waals surface area contributed by atoms with Gasteiger partial charge in [-0.1, -0.05) is 103 Å². The van der Waals surface area contributed by atoms with E-state index in [1.165, 1.54) is 16.2 Å². The highest BCUT2D eigenvalue weighted by molar-refractivity contribution is 7.85. The zero-order valence-corrected chi connectivity index (χ0v) is 21.3. The number of nitrogens with zero attached hydrogens (tertiary/aromatic N) is 2. The fourth-order valence-electron chi connectivity index (χ4n) is 5.92. The first-order valence-corrected chi connectivity index (χ1v) is 14.4. The van der Waals surface area contributed by atoms with Crippen LogP contribution in [0.1, 0.15) is 0 Å². The molecule has 38 heavy (non-hydrogen) atoms. The van der Waals surface area contributed by atoms with Gasteiger partial charge in [0.2, 0.25) is 0 Å². The number of pyridine rings is 2. The van der Waals surface area contributed by atoms with Gasteiger partial charge < -0.3 is 4.57 Å². The second kappa shape index (κ2) is 7.95. The van der Waals surface area contributed by atoms with Gasteiger partial charge in [0, 0.05) is 27.6 Å². The van der Waals surface area contributed by atoms with Crippen LogP contribution >= 0.6 is 7.14 Å². The van der Waals surface area contributed by atoms with E-state index in [0.29, 0.717) is 5.44 Å². The van der Waals surface area contributed by atoms with Crippen LogP contribution in [0.5, 0.6) is 0 Å². The predicted molar refractivity (Wildman–Crippen MR) is 160 cm³/mol. The molecule has 178 valence electrons. The van der Waals surface area contributed by atoms with Gasteiger partial charge in [-0.15, -0.1) is 0 Å². The molecule has 0 spiro atoms. The van der Waals surface area contributed by atoms with Crippen LogP contribution in [0.4, 0.5) is 0 Å². The van der Waals surface area contributed by atoms with Crippen LogP contribution in [0, 0.1) is 0 Å². The van der Waals surface area contributed by atoms with E-state index in [4.69, 9.17) is 4.98 Å². The van der Waals surface area contributed by atoms with Crippen LogP contribution in [-0.4, -0.2) is 9.97 Å². The number of fused-ring (bicyclic) bond motifs is 3. The normalized spacial score (nSPS) is 13.6. The lowest BCUT2D eigenvalue weighted by Crippen LogP contribution is -2.27. The van der Waals surface area contributed by atoms with Crippen molar-refractivity contribution in [3.63, 3.8) is 0 Å². The Morgan fingerprint density at radius 3 is 1.95 bits per heavy atom. The van der Waals surface area contributed by atoms with Gasteiger partial charge in [0.15, 0.2) is 7.14 Å². The molecule has 2 heterocycles. The molecular formula is C34H21N2OP. The van der Waals surface area contributed by atoms with E-state index in [2.05, 4.69) is 65.6 Å². The molecule has 0 saturated carbocycles. The van der Waals surface area contributed by atoms with Gasteiger partial charge in [0.05, 0.1) is 11.0 Å². The van der Waals surface area contributed by atoms with Crippen LogP contribution in [0.15, 0.2) is 128 Å². The Balaban J connectivity index is 1.51. The Kier molecular flexibility index (Phi) is 4.50. The molecule has 1 atom stereocenters. The maximum Gasteiger partial charge on any atom is 0.189 e. The summed E-state index contributed by atoms with van der Waals surface area (Å²) in [5.74, 6) is 0. The Morgan fingerprint density at radius 1 is 0.500 bits per heavy atom. The maximum absolute atomic E-state index is 15.7. The molecule has 6 aromatic carbocycles. The quantitative estimate of drug-likeness (QED) is 0.187. The number of benzene rings is 6. The van der Waals surface area contributed by atoms with Crippen molar-refractivity contribution in [1.82, 2.24) is 9.97 Å². The van der Waals surface area contributed by atoms with Crippen molar-refractivity contribution in [2.45, 2.75) is 0 Å². The molecule has 0 radical (unpaired) electrons. The first kappa shape index (κ1) is 21.5.